The molecule has 0 aliphatic rings. The Morgan fingerprint density at radius 3 is 2.61 bits per heavy atom. The topological polar surface area (TPSA) is 60.9 Å². The number of phenols is 1. The molecule has 96 valence electrons. The monoisotopic (exact) mass is 245 g/mol. The van der Waals surface area contributed by atoms with Crippen molar-refractivity contribution >= 4 is 0 Å². The van der Waals surface area contributed by atoms with Crippen LogP contribution in [0.2, 0.25) is 0 Å². The fourth-order valence-electron chi connectivity index (χ4n) is 2.05. The molecule has 0 aliphatic carbocycles. The Morgan fingerprint density at radius 1 is 1.33 bits per heavy atom. The van der Waals surface area contributed by atoms with Gasteiger partial charge in [0, 0.05) is 18.4 Å². The minimum Gasteiger partial charge on any atom is -0.508 e. The highest BCUT2D eigenvalue weighted by Gasteiger charge is 2.14. The molecular formula is C14H19N3O. The average molecular weight is 245 g/mol. The van der Waals surface area contributed by atoms with Crippen LogP contribution in [0.4, 0.5) is 0 Å². The predicted octanol–water partition coefficient (Wildman–Crippen LogP) is 2.92. The first-order valence-electron chi connectivity index (χ1n) is 6.25. The number of imidazole rings is 1. The summed E-state index contributed by atoms with van der Waals surface area (Å²) in [7, 11) is 0. The van der Waals surface area contributed by atoms with Gasteiger partial charge in [-0.1, -0.05) is 19.1 Å². The Hall–Kier alpha value is -1.81. The lowest BCUT2D eigenvalue weighted by Gasteiger charge is -2.21. The normalized spacial score (nSPS) is 14.3. The first-order valence-corrected chi connectivity index (χ1v) is 6.25. The molecule has 0 radical (unpaired) electrons. The van der Waals surface area contributed by atoms with E-state index in [1.54, 1.807) is 18.3 Å². The number of nitrogens with zero attached hydrogens (tertiary/aromatic N) is 1. The van der Waals surface area contributed by atoms with E-state index in [0.29, 0.717) is 5.75 Å². The lowest BCUT2D eigenvalue weighted by Crippen LogP contribution is -2.25. The van der Waals surface area contributed by atoms with Crippen LogP contribution in [0.25, 0.3) is 0 Å². The first kappa shape index (κ1) is 12.6. The molecule has 0 aliphatic heterocycles. The van der Waals surface area contributed by atoms with Gasteiger partial charge in [-0.05, 0) is 31.0 Å². The Bertz CT molecular complexity index is 464. The molecule has 0 amide bonds. The summed E-state index contributed by atoms with van der Waals surface area (Å²) in [5, 5.41) is 12.8. The van der Waals surface area contributed by atoms with Crippen LogP contribution < -0.4 is 5.32 Å². The summed E-state index contributed by atoms with van der Waals surface area (Å²) in [6.45, 7) is 4.22. The molecule has 0 spiro atoms. The maximum Gasteiger partial charge on any atom is 0.122 e. The van der Waals surface area contributed by atoms with Crippen LogP contribution >= 0.6 is 0 Å². The van der Waals surface area contributed by atoms with Gasteiger partial charge < -0.3 is 15.4 Å². The number of nitrogens with one attached hydrogen (secondary N) is 2. The zero-order valence-corrected chi connectivity index (χ0v) is 10.7. The predicted molar refractivity (Wildman–Crippen MR) is 71.3 cm³/mol. The highest BCUT2D eigenvalue weighted by molar-refractivity contribution is 5.28. The molecule has 3 N–H and O–H groups in total. The van der Waals surface area contributed by atoms with E-state index in [4.69, 9.17) is 0 Å². The van der Waals surface area contributed by atoms with Gasteiger partial charge in [-0.25, -0.2) is 4.98 Å². The minimum absolute atomic E-state index is 0.166. The summed E-state index contributed by atoms with van der Waals surface area (Å²) in [5.74, 6) is 1.24. The maximum atomic E-state index is 9.31. The third-order valence-electron chi connectivity index (χ3n) is 3.08. The molecule has 2 aromatic rings. The van der Waals surface area contributed by atoms with Crippen LogP contribution in [0.1, 0.15) is 43.7 Å². The summed E-state index contributed by atoms with van der Waals surface area (Å²) in [6, 6.07) is 7.76. The van der Waals surface area contributed by atoms with Crippen molar-refractivity contribution in [1.82, 2.24) is 15.3 Å². The number of aromatic hydroxyl groups is 1. The molecule has 18 heavy (non-hydrogen) atoms. The van der Waals surface area contributed by atoms with E-state index < -0.39 is 0 Å². The largest absolute Gasteiger partial charge is 0.508 e. The van der Waals surface area contributed by atoms with Crippen LogP contribution in [-0.4, -0.2) is 15.1 Å². The summed E-state index contributed by atoms with van der Waals surface area (Å²) < 4.78 is 0. The second-order valence-corrected chi connectivity index (χ2v) is 4.42. The molecule has 1 aromatic heterocycles. The Balaban J connectivity index is 2.07. The molecule has 2 unspecified atom stereocenters. The van der Waals surface area contributed by atoms with Crippen molar-refractivity contribution in [3.8, 4) is 5.75 Å². The summed E-state index contributed by atoms with van der Waals surface area (Å²) >= 11 is 0. The third-order valence-corrected chi connectivity index (χ3v) is 3.08. The van der Waals surface area contributed by atoms with Crippen molar-refractivity contribution in [2.24, 2.45) is 0 Å². The number of aromatic nitrogens is 2. The maximum absolute atomic E-state index is 9.31. The van der Waals surface area contributed by atoms with Crippen molar-refractivity contribution < 1.29 is 5.11 Å². The molecule has 0 bridgehead atoms. The third kappa shape index (κ3) is 2.90. The standard InChI is InChI=1S/C14H19N3O/c1-3-13(11-4-6-12(18)7-5-11)17-10(2)14-15-8-9-16-14/h4-10,13,17-18H,3H2,1-2H3,(H,15,16). The van der Waals surface area contributed by atoms with Gasteiger partial charge in [0.1, 0.15) is 11.6 Å². The molecule has 1 aromatic carbocycles. The molecule has 2 rings (SSSR count). The number of phenolic OH excluding ortho intramolecular Hbond substituents is 1. The Kier molecular flexibility index (Phi) is 3.99. The highest BCUT2D eigenvalue weighted by atomic mass is 16.3. The van der Waals surface area contributed by atoms with E-state index >= 15 is 0 Å². The smallest absolute Gasteiger partial charge is 0.122 e. The quantitative estimate of drug-likeness (QED) is 0.759. The zero-order valence-electron chi connectivity index (χ0n) is 10.7. The molecule has 0 fully saturated rings. The van der Waals surface area contributed by atoms with E-state index in [2.05, 4.69) is 29.1 Å². The van der Waals surface area contributed by atoms with Gasteiger partial charge in [0.05, 0.1) is 6.04 Å². The number of benzene rings is 1. The van der Waals surface area contributed by atoms with Crippen molar-refractivity contribution in [1.29, 1.82) is 0 Å². The van der Waals surface area contributed by atoms with Crippen LogP contribution in [0.3, 0.4) is 0 Å². The number of hydrogen-bond donors (Lipinski definition) is 3. The fourth-order valence-corrected chi connectivity index (χ4v) is 2.05. The van der Waals surface area contributed by atoms with E-state index in [0.717, 1.165) is 12.2 Å². The molecule has 4 nitrogen and oxygen atoms in total. The van der Waals surface area contributed by atoms with Gasteiger partial charge in [-0.3, -0.25) is 0 Å². The SMILES string of the molecule is CCC(NC(C)c1ncc[nH]1)c1ccc(O)cc1. The Morgan fingerprint density at radius 2 is 2.06 bits per heavy atom. The van der Waals surface area contributed by atoms with E-state index in [9.17, 15) is 5.11 Å². The van der Waals surface area contributed by atoms with Crippen LogP contribution in [0.5, 0.6) is 5.75 Å². The van der Waals surface area contributed by atoms with Gasteiger partial charge in [0.2, 0.25) is 0 Å². The zero-order chi connectivity index (χ0) is 13.0. The van der Waals surface area contributed by atoms with Crippen molar-refractivity contribution in [2.75, 3.05) is 0 Å². The van der Waals surface area contributed by atoms with E-state index in [-0.39, 0.29) is 12.1 Å². The molecule has 0 saturated heterocycles. The highest BCUT2D eigenvalue weighted by Crippen LogP contribution is 2.22. The van der Waals surface area contributed by atoms with Gasteiger partial charge in [-0.2, -0.15) is 0 Å². The van der Waals surface area contributed by atoms with Gasteiger partial charge in [0.15, 0.2) is 0 Å². The molecular weight excluding hydrogens is 226 g/mol. The number of hydrogen-bond acceptors (Lipinski definition) is 3. The summed E-state index contributed by atoms with van der Waals surface area (Å²) in [5.41, 5.74) is 1.17. The second-order valence-electron chi connectivity index (χ2n) is 4.42. The van der Waals surface area contributed by atoms with E-state index in [1.807, 2.05) is 18.3 Å². The van der Waals surface area contributed by atoms with Crippen LogP contribution in [0.15, 0.2) is 36.7 Å². The molecule has 4 heteroatoms. The minimum atomic E-state index is 0.166. The summed E-state index contributed by atoms with van der Waals surface area (Å²) in [6.07, 6.45) is 4.57. The molecule has 2 atom stereocenters. The lowest BCUT2D eigenvalue weighted by atomic mass is 10.0. The second kappa shape index (κ2) is 5.69. The van der Waals surface area contributed by atoms with Gasteiger partial charge in [0.25, 0.3) is 0 Å². The lowest BCUT2D eigenvalue weighted by molar-refractivity contribution is 0.442. The van der Waals surface area contributed by atoms with Crippen LogP contribution in [0, 0.1) is 0 Å². The van der Waals surface area contributed by atoms with Crippen molar-refractivity contribution in [3.63, 3.8) is 0 Å². The molecule has 0 saturated carbocycles. The number of aromatic amines is 1. The van der Waals surface area contributed by atoms with E-state index in [1.165, 1.54) is 5.56 Å². The van der Waals surface area contributed by atoms with Gasteiger partial charge >= 0.3 is 0 Å². The summed E-state index contributed by atoms with van der Waals surface area (Å²) in [4.78, 5) is 7.37. The van der Waals surface area contributed by atoms with Crippen LogP contribution in [-0.2, 0) is 0 Å². The first-order chi connectivity index (χ1) is 8.70. The fraction of sp³-hybridized carbons (Fsp3) is 0.357. The van der Waals surface area contributed by atoms with Crippen molar-refractivity contribution in [3.05, 3.63) is 48.0 Å². The average Bonchev–Trinajstić information content (AvgIpc) is 2.91. The van der Waals surface area contributed by atoms with Crippen molar-refractivity contribution in [2.45, 2.75) is 32.4 Å². The van der Waals surface area contributed by atoms with Gasteiger partial charge in [-0.15, -0.1) is 0 Å². The number of rotatable bonds is 5. The molecule has 1 heterocycles. The number of H-pyrrole nitrogens is 1. The Labute approximate surface area is 107 Å².